The van der Waals surface area contributed by atoms with Crippen LogP contribution in [0.5, 0.6) is 11.6 Å². The molecule has 0 fully saturated rings. The van der Waals surface area contributed by atoms with Gasteiger partial charge in [-0.3, -0.25) is 9.52 Å². The molecular weight excluding hydrogens is 588 g/mol. The van der Waals surface area contributed by atoms with Crippen molar-refractivity contribution < 1.29 is 27.8 Å². The van der Waals surface area contributed by atoms with Crippen molar-refractivity contribution in [3.8, 4) is 28.4 Å². The van der Waals surface area contributed by atoms with E-state index in [1.165, 1.54) is 30.0 Å². The van der Waals surface area contributed by atoms with Crippen LogP contribution in [0.3, 0.4) is 0 Å². The van der Waals surface area contributed by atoms with Crippen LogP contribution in [0.25, 0.3) is 27.7 Å². The Morgan fingerprint density at radius 3 is 2.57 bits per heavy atom. The number of carboxylic acid groups (broad SMARTS) is 1. The van der Waals surface area contributed by atoms with Gasteiger partial charge in [0.05, 0.1) is 36.0 Å². The fraction of sp³-hybridized carbons (Fsp3) is 0.133. The quantitative estimate of drug-likeness (QED) is 0.159. The van der Waals surface area contributed by atoms with Crippen molar-refractivity contribution >= 4 is 38.7 Å². The van der Waals surface area contributed by atoms with Crippen molar-refractivity contribution in [1.82, 2.24) is 19.9 Å². The second-order valence-electron chi connectivity index (χ2n) is 9.48. The summed E-state index contributed by atoms with van der Waals surface area (Å²) in [5.41, 5.74) is 7.86. The number of methoxy groups -OCH3 is 1. The van der Waals surface area contributed by atoms with Gasteiger partial charge in [0.15, 0.2) is 0 Å². The maximum atomic E-state index is 13.5. The second kappa shape index (κ2) is 12.7. The van der Waals surface area contributed by atoms with E-state index in [9.17, 15) is 18.0 Å². The molecule has 5 aromatic rings. The molecule has 5 N–H and O–H groups in total. The zero-order chi connectivity index (χ0) is 31.3. The summed E-state index contributed by atoms with van der Waals surface area (Å²) < 4.78 is 41.8. The van der Waals surface area contributed by atoms with Crippen LogP contribution in [-0.2, 0) is 10.0 Å². The Morgan fingerprint density at radius 2 is 1.82 bits per heavy atom. The number of nitrogens with one attached hydrogen (secondary N) is 2. The monoisotopic (exact) mass is 616 g/mol. The number of nitrogen functional groups attached to an aromatic ring is 1. The van der Waals surface area contributed by atoms with Gasteiger partial charge in [0.2, 0.25) is 11.8 Å². The van der Waals surface area contributed by atoms with Crippen molar-refractivity contribution in [1.29, 1.82) is 0 Å². The molecular formula is C30H28N6O7S. The van der Waals surface area contributed by atoms with Gasteiger partial charge >= 0.3 is 6.09 Å². The van der Waals surface area contributed by atoms with Gasteiger partial charge in [-0.15, -0.1) is 0 Å². The van der Waals surface area contributed by atoms with Crippen LogP contribution in [0, 0.1) is 0 Å². The normalized spacial score (nSPS) is 11.2. The number of anilines is 2. The number of hydrogen-bond donors (Lipinski definition) is 4. The van der Waals surface area contributed by atoms with E-state index >= 15 is 0 Å². The number of rotatable bonds is 11. The molecule has 226 valence electrons. The van der Waals surface area contributed by atoms with Gasteiger partial charge in [0, 0.05) is 24.4 Å². The first kappa shape index (κ1) is 29.8. The van der Waals surface area contributed by atoms with E-state index in [1.54, 1.807) is 60.7 Å². The Labute approximate surface area is 252 Å². The van der Waals surface area contributed by atoms with Crippen LogP contribution in [0.2, 0.25) is 0 Å². The third-order valence-corrected chi connectivity index (χ3v) is 7.87. The number of nitrogens with two attached hydrogens (primary N) is 1. The lowest BCUT2D eigenvalue weighted by atomic mass is 10.1. The SMILES string of the molecule is COc1ncc(-c2ccc3nc(N)n(-c4ccccc4)c(=O)c3c2)cc1S(=O)(=O)Nc1cccc(OCCCNC(=O)O)c1. The minimum Gasteiger partial charge on any atom is -0.493 e. The molecule has 2 heterocycles. The summed E-state index contributed by atoms with van der Waals surface area (Å²) >= 11 is 0. The van der Waals surface area contributed by atoms with E-state index in [0.29, 0.717) is 34.5 Å². The minimum absolute atomic E-state index is 0.0386. The first-order valence-corrected chi connectivity index (χ1v) is 14.8. The predicted molar refractivity (Wildman–Crippen MR) is 165 cm³/mol. The topological polar surface area (TPSA) is 188 Å². The highest BCUT2D eigenvalue weighted by atomic mass is 32.2. The molecule has 0 aliphatic carbocycles. The van der Waals surface area contributed by atoms with Gasteiger partial charge in [-0.05, 0) is 54.4 Å². The molecule has 1 amide bonds. The predicted octanol–water partition coefficient (Wildman–Crippen LogP) is 3.88. The highest BCUT2D eigenvalue weighted by molar-refractivity contribution is 7.92. The standard InChI is InChI=1S/C30H28N6O7S/c1-42-27-26(44(40,41)35-21-7-5-10-23(17-21)43-14-6-13-32-30(38)39)16-20(18-33-27)19-11-12-25-24(15-19)28(37)36(29(31)34-25)22-8-3-2-4-9-22/h2-5,7-12,15-18,32,35H,6,13-14H2,1H3,(H2,31,34)(H,38,39). The molecule has 0 atom stereocenters. The molecule has 3 aromatic carbocycles. The molecule has 0 bridgehead atoms. The third-order valence-electron chi connectivity index (χ3n) is 6.50. The number of benzene rings is 3. The molecule has 0 unspecified atom stereocenters. The number of amides is 1. The number of pyridine rings is 1. The first-order chi connectivity index (χ1) is 21.2. The molecule has 14 heteroatoms. The molecule has 0 aliphatic heterocycles. The molecule has 44 heavy (non-hydrogen) atoms. The smallest absolute Gasteiger partial charge is 0.404 e. The van der Waals surface area contributed by atoms with E-state index in [1.807, 2.05) is 6.07 Å². The molecule has 13 nitrogen and oxygen atoms in total. The maximum Gasteiger partial charge on any atom is 0.404 e. The van der Waals surface area contributed by atoms with Crippen LogP contribution in [0.1, 0.15) is 6.42 Å². The first-order valence-electron chi connectivity index (χ1n) is 13.3. The summed E-state index contributed by atoms with van der Waals surface area (Å²) in [6, 6.07) is 21.6. The van der Waals surface area contributed by atoms with E-state index < -0.39 is 16.1 Å². The van der Waals surface area contributed by atoms with Gasteiger partial charge in [-0.1, -0.05) is 30.3 Å². The van der Waals surface area contributed by atoms with Crippen molar-refractivity contribution in [2.45, 2.75) is 11.3 Å². The maximum absolute atomic E-state index is 13.5. The average Bonchev–Trinajstić information content (AvgIpc) is 3.01. The van der Waals surface area contributed by atoms with Crippen LogP contribution >= 0.6 is 0 Å². The summed E-state index contributed by atoms with van der Waals surface area (Å²) in [4.78, 5) is 32.4. The number of fused-ring (bicyclic) bond motifs is 1. The summed E-state index contributed by atoms with van der Waals surface area (Å²) in [6.45, 7) is 0.441. The minimum atomic E-state index is -4.20. The zero-order valence-electron chi connectivity index (χ0n) is 23.4. The summed E-state index contributed by atoms with van der Waals surface area (Å²) in [7, 11) is -2.89. The Hall–Kier alpha value is -5.63. The molecule has 0 saturated heterocycles. The fourth-order valence-electron chi connectivity index (χ4n) is 4.46. The number of para-hydroxylation sites is 1. The highest BCUT2D eigenvalue weighted by Gasteiger charge is 2.23. The van der Waals surface area contributed by atoms with Gasteiger partial charge < -0.3 is 25.6 Å². The molecule has 5 rings (SSSR count). The van der Waals surface area contributed by atoms with Gasteiger partial charge in [-0.25, -0.2) is 27.7 Å². The van der Waals surface area contributed by atoms with Crippen LogP contribution in [0.4, 0.5) is 16.4 Å². The van der Waals surface area contributed by atoms with E-state index in [2.05, 4.69) is 20.0 Å². The Bertz CT molecular complexity index is 2000. The third kappa shape index (κ3) is 6.55. The highest BCUT2D eigenvalue weighted by Crippen LogP contribution is 2.31. The molecule has 0 aliphatic rings. The lowest BCUT2D eigenvalue weighted by Gasteiger charge is -2.14. The average molecular weight is 617 g/mol. The van der Waals surface area contributed by atoms with E-state index in [4.69, 9.17) is 20.3 Å². The number of hydrogen-bond acceptors (Lipinski definition) is 9. The molecule has 0 radical (unpaired) electrons. The molecule has 2 aromatic heterocycles. The number of aromatic nitrogens is 3. The van der Waals surface area contributed by atoms with Gasteiger partial charge in [0.1, 0.15) is 10.6 Å². The zero-order valence-corrected chi connectivity index (χ0v) is 24.2. The Balaban J connectivity index is 1.44. The summed E-state index contributed by atoms with van der Waals surface area (Å²) in [5.74, 6) is 0.309. The van der Waals surface area contributed by atoms with Crippen molar-refractivity contribution in [2.75, 3.05) is 30.7 Å². The van der Waals surface area contributed by atoms with Crippen LogP contribution in [-0.4, -0.2) is 54.4 Å². The number of sulfonamides is 1. The lowest BCUT2D eigenvalue weighted by molar-refractivity contribution is 0.193. The molecule has 0 saturated carbocycles. The van der Waals surface area contributed by atoms with E-state index in [-0.39, 0.29) is 46.5 Å². The summed E-state index contributed by atoms with van der Waals surface area (Å²) in [5, 5.41) is 11.2. The fourth-order valence-corrected chi connectivity index (χ4v) is 5.66. The summed E-state index contributed by atoms with van der Waals surface area (Å²) in [6.07, 6.45) is 0.758. The van der Waals surface area contributed by atoms with Crippen molar-refractivity contribution in [3.05, 3.63) is 95.4 Å². The van der Waals surface area contributed by atoms with Crippen molar-refractivity contribution in [2.24, 2.45) is 0 Å². The number of ether oxygens (including phenoxy) is 2. The molecule has 0 spiro atoms. The van der Waals surface area contributed by atoms with Crippen molar-refractivity contribution in [3.63, 3.8) is 0 Å². The van der Waals surface area contributed by atoms with E-state index in [0.717, 1.165) is 0 Å². The second-order valence-corrected chi connectivity index (χ2v) is 11.1. The van der Waals surface area contributed by atoms with Gasteiger partial charge in [-0.2, -0.15) is 0 Å². The Kier molecular flexibility index (Phi) is 8.62. The largest absolute Gasteiger partial charge is 0.493 e. The van der Waals surface area contributed by atoms with Crippen LogP contribution in [0.15, 0.2) is 94.7 Å². The lowest BCUT2D eigenvalue weighted by Crippen LogP contribution is -2.23. The Morgan fingerprint density at radius 1 is 1.02 bits per heavy atom. The number of carbonyl (C=O) groups is 1. The van der Waals surface area contributed by atoms with Crippen LogP contribution < -0.4 is 30.8 Å². The number of nitrogens with zero attached hydrogens (tertiary/aromatic N) is 3. The van der Waals surface area contributed by atoms with Gasteiger partial charge in [0.25, 0.3) is 15.6 Å².